The second-order valence-electron chi connectivity index (χ2n) is 7.81. The Labute approximate surface area is 192 Å². The normalized spacial score (nSPS) is 10.8. The highest BCUT2D eigenvalue weighted by Gasteiger charge is 2.15. The van der Waals surface area contributed by atoms with Crippen LogP contribution in [0.3, 0.4) is 0 Å². The van der Waals surface area contributed by atoms with Crippen molar-refractivity contribution in [3.05, 3.63) is 52.5 Å². The van der Waals surface area contributed by atoms with E-state index in [2.05, 4.69) is 54.3 Å². The molecule has 1 amide bonds. The lowest BCUT2D eigenvalue weighted by Crippen LogP contribution is -2.34. The number of nitrogens with one attached hydrogen (secondary N) is 2. The lowest BCUT2D eigenvalue weighted by Gasteiger charge is -2.15. The highest BCUT2D eigenvalue weighted by Crippen LogP contribution is 2.24. The summed E-state index contributed by atoms with van der Waals surface area (Å²) in [5, 5.41) is 5.95. The number of hydrogen-bond donors (Lipinski definition) is 2. The molecular formula is C23H29BrN2O3S. The van der Waals surface area contributed by atoms with Gasteiger partial charge in [-0.1, -0.05) is 49.7 Å². The molecule has 0 radical (unpaired) electrons. The van der Waals surface area contributed by atoms with Crippen LogP contribution in [0.5, 0.6) is 11.5 Å². The Balaban J connectivity index is 2.00. The van der Waals surface area contributed by atoms with E-state index in [0.717, 1.165) is 22.3 Å². The predicted octanol–water partition coefficient (Wildman–Crippen LogP) is 6.04. The Morgan fingerprint density at radius 1 is 1.07 bits per heavy atom. The van der Waals surface area contributed by atoms with Gasteiger partial charge in [0.25, 0.3) is 5.91 Å². The van der Waals surface area contributed by atoms with E-state index in [-0.39, 0.29) is 11.0 Å². The zero-order valence-electron chi connectivity index (χ0n) is 17.8. The summed E-state index contributed by atoms with van der Waals surface area (Å²) in [6.45, 7) is 9.61. The second kappa shape index (κ2) is 11.9. The van der Waals surface area contributed by atoms with Crippen molar-refractivity contribution in [2.45, 2.75) is 34.1 Å². The van der Waals surface area contributed by atoms with Gasteiger partial charge in [0, 0.05) is 16.2 Å². The molecule has 0 aliphatic carbocycles. The van der Waals surface area contributed by atoms with Gasteiger partial charge in [0.2, 0.25) is 0 Å². The van der Waals surface area contributed by atoms with Crippen molar-refractivity contribution in [2.24, 2.45) is 11.8 Å². The Bertz CT molecular complexity index is 871. The molecule has 0 saturated carbocycles. The topological polar surface area (TPSA) is 59.6 Å². The average Bonchev–Trinajstić information content (AvgIpc) is 2.66. The summed E-state index contributed by atoms with van der Waals surface area (Å²) in [5.41, 5.74) is 1.16. The molecule has 0 saturated heterocycles. The third-order valence-electron chi connectivity index (χ3n) is 4.04. The molecule has 2 aromatic carbocycles. The van der Waals surface area contributed by atoms with Gasteiger partial charge in [-0.25, -0.2) is 0 Å². The quantitative estimate of drug-likeness (QED) is 0.418. The average molecular weight is 493 g/mol. The third kappa shape index (κ3) is 8.32. The zero-order chi connectivity index (χ0) is 22.1. The fourth-order valence-electron chi connectivity index (χ4n) is 2.47. The molecule has 0 unspecified atom stereocenters. The standard InChI is InChI=1S/C23H29BrN2O3S/c1-15(2)10-11-28-19-7-5-6-18(13-19)25-23(30)26-22(27)20-12-17(24)8-9-21(20)29-14-16(3)4/h5-9,12-13,15-16H,10-11,14H2,1-4H3,(H2,25,26,27,30). The number of benzene rings is 2. The van der Waals surface area contributed by atoms with E-state index in [4.69, 9.17) is 21.7 Å². The van der Waals surface area contributed by atoms with Crippen LogP contribution in [0.25, 0.3) is 0 Å². The molecule has 0 aliphatic rings. The van der Waals surface area contributed by atoms with Gasteiger partial charge in [-0.15, -0.1) is 0 Å². The highest BCUT2D eigenvalue weighted by molar-refractivity contribution is 9.10. The Kier molecular flexibility index (Phi) is 9.59. The Morgan fingerprint density at radius 3 is 2.53 bits per heavy atom. The predicted molar refractivity (Wildman–Crippen MR) is 130 cm³/mol. The maximum atomic E-state index is 12.8. The first-order valence-corrected chi connectivity index (χ1v) is 11.2. The number of hydrogen-bond acceptors (Lipinski definition) is 4. The number of halogens is 1. The molecular weight excluding hydrogens is 464 g/mol. The molecule has 2 rings (SSSR count). The second-order valence-corrected chi connectivity index (χ2v) is 9.14. The SMILES string of the molecule is CC(C)CCOc1cccc(NC(=S)NC(=O)c2cc(Br)ccc2OCC(C)C)c1. The van der Waals surface area contributed by atoms with Crippen LogP contribution < -0.4 is 20.1 Å². The molecule has 2 N–H and O–H groups in total. The lowest BCUT2D eigenvalue weighted by atomic mass is 10.1. The first-order valence-electron chi connectivity index (χ1n) is 10.0. The van der Waals surface area contributed by atoms with E-state index in [1.807, 2.05) is 30.3 Å². The van der Waals surface area contributed by atoms with Crippen LogP contribution in [-0.4, -0.2) is 24.2 Å². The Morgan fingerprint density at radius 2 is 1.83 bits per heavy atom. The van der Waals surface area contributed by atoms with Crippen molar-refractivity contribution in [1.82, 2.24) is 5.32 Å². The summed E-state index contributed by atoms with van der Waals surface area (Å²) in [6.07, 6.45) is 0.986. The van der Waals surface area contributed by atoms with Gasteiger partial charge in [0.1, 0.15) is 11.5 Å². The van der Waals surface area contributed by atoms with Crippen LogP contribution in [0.1, 0.15) is 44.5 Å². The fraction of sp³-hybridized carbons (Fsp3) is 0.391. The van der Waals surface area contributed by atoms with Crippen LogP contribution in [0, 0.1) is 11.8 Å². The molecule has 5 nitrogen and oxygen atoms in total. The van der Waals surface area contributed by atoms with Crippen molar-refractivity contribution < 1.29 is 14.3 Å². The molecule has 0 aromatic heterocycles. The number of amides is 1. The van der Waals surface area contributed by atoms with E-state index in [1.54, 1.807) is 12.1 Å². The molecule has 0 bridgehead atoms. The molecule has 30 heavy (non-hydrogen) atoms. The van der Waals surface area contributed by atoms with Crippen LogP contribution in [0.2, 0.25) is 0 Å². The van der Waals surface area contributed by atoms with Crippen molar-refractivity contribution in [1.29, 1.82) is 0 Å². The van der Waals surface area contributed by atoms with E-state index in [1.165, 1.54) is 0 Å². The van der Waals surface area contributed by atoms with E-state index < -0.39 is 0 Å². The molecule has 2 aromatic rings. The summed E-state index contributed by atoms with van der Waals surface area (Å²) in [5.74, 6) is 1.87. The number of carbonyl (C=O) groups is 1. The largest absolute Gasteiger partial charge is 0.494 e. The number of rotatable bonds is 9. The van der Waals surface area contributed by atoms with Crippen molar-refractivity contribution in [3.63, 3.8) is 0 Å². The van der Waals surface area contributed by atoms with Crippen molar-refractivity contribution in [2.75, 3.05) is 18.5 Å². The van der Waals surface area contributed by atoms with Gasteiger partial charge >= 0.3 is 0 Å². The summed E-state index contributed by atoms with van der Waals surface area (Å²) in [6, 6.07) is 12.8. The number of thiocarbonyl (C=S) groups is 1. The summed E-state index contributed by atoms with van der Waals surface area (Å²) in [7, 11) is 0. The molecule has 0 aliphatic heterocycles. The van der Waals surface area contributed by atoms with Crippen molar-refractivity contribution >= 4 is 44.9 Å². The van der Waals surface area contributed by atoms with Gasteiger partial charge in [-0.2, -0.15) is 0 Å². The van der Waals surface area contributed by atoms with E-state index in [0.29, 0.717) is 36.4 Å². The highest BCUT2D eigenvalue weighted by atomic mass is 79.9. The van der Waals surface area contributed by atoms with Crippen LogP contribution in [0.15, 0.2) is 46.9 Å². The number of anilines is 1. The smallest absolute Gasteiger partial charge is 0.261 e. The van der Waals surface area contributed by atoms with Crippen LogP contribution in [-0.2, 0) is 0 Å². The van der Waals surface area contributed by atoms with E-state index >= 15 is 0 Å². The summed E-state index contributed by atoms with van der Waals surface area (Å²) in [4.78, 5) is 12.8. The number of carbonyl (C=O) groups excluding carboxylic acids is 1. The van der Waals surface area contributed by atoms with Gasteiger partial charge in [0.15, 0.2) is 5.11 Å². The molecule has 7 heteroatoms. The molecule has 162 valence electrons. The molecule has 0 atom stereocenters. The third-order valence-corrected chi connectivity index (χ3v) is 4.74. The van der Waals surface area contributed by atoms with Crippen molar-refractivity contribution in [3.8, 4) is 11.5 Å². The zero-order valence-corrected chi connectivity index (χ0v) is 20.2. The first kappa shape index (κ1) is 24.2. The summed E-state index contributed by atoms with van der Waals surface area (Å²) < 4.78 is 12.3. The van der Waals surface area contributed by atoms with Gasteiger partial charge in [-0.3, -0.25) is 10.1 Å². The van der Waals surface area contributed by atoms with Gasteiger partial charge in [0.05, 0.1) is 18.8 Å². The maximum absolute atomic E-state index is 12.8. The molecule has 0 fully saturated rings. The minimum Gasteiger partial charge on any atom is -0.494 e. The maximum Gasteiger partial charge on any atom is 0.261 e. The lowest BCUT2D eigenvalue weighted by molar-refractivity contribution is 0.0973. The van der Waals surface area contributed by atoms with Gasteiger partial charge in [-0.05, 0) is 60.8 Å². The molecule has 0 heterocycles. The monoisotopic (exact) mass is 492 g/mol. The Hall–Kier alpha value is -2.12. The first-order chi connectivity index (χ1) is 14.2. The van der Waals surface area contributed by atoms with Gasteiger partial charge < -0.3 is 14.8 Å². The van der Waals surface area contributed by atoms with Crippen LogP contribution in [0.4, 0.5) is 5.69 Å². The summed E-state index contributed by atoms with van der Waals surface area (Å²) >= 11 is 8.73. The molecule has 0 spiro atoms. The van der Waals surface area contributed by atoms with Crippen LogP contribution >= 0.6 is 28.1 Å². The minimum absolute atomic E-state index is 0.203. The minimum atomic E-state index is -0.336. The fourth-order valence-corrected chi connectivity index (χ4v) is 3.04. The van der Waals surface area contributed by atoms with E-state index in [9.17, 15) is 4.79 Å². The number of ether oxygens (including phenoxy) is 2.